The Labute approximate surface area is 174 Å². The molecule has 12 heteroatoms. The van der Waals surface area contributed by atoms with Gasteiger partial charge in [-0.25, -0.2) is 13.4 Å². The quantitative estimate of drug-likeness (QED) is 0.479. The van der Waals surface area contributed by atoms with Crippen LogP contribution in [0, 0.1) is 6.92 Å². The Hall–Kier alpha value is -3.67. The summed E-state index contributed by atoms with van der Waals surface area (Å²) in [6.45, 7) is 1.81. The maximum Gasteiger partial charge on any atom is 0.416 e. The molecule has 0 aliphatic rings. The topological polar surface area (TPSA) is 101 Å². The van der Waals surface area contributed by atoms with Crippen molar-refractivity contribution in [2.24, 2.45) is 0 Å². The van der Waals surface area contributed by atoms with Crippen LogP contribution in [-0.2, 0) is 16.2 Å². The molecule has 4 rings (SSSR count). The number of anilines is 3. The van der Waals surface area contributed by atoms with Crippen LogP contribution in [-0.4, -0.2) is 28.0 Å². The summed E-state index contributed by atoms with van der Waals surface area (Å²) in [5.74, 6) is 1.01. The van der Waals surface area contributed by atoms with E-state index in [2.05, 4.69) is 25.1 Å². The molecule has 0 saturated heterocycles. The molecule has 2 heterocycles. The average Bonchev–Trinajstić information content (AvgIpc) is 3.16. The molecule has 0 atom stereocenters. The van der Waals surface area contributed by atoms with Crippen LogP contribution in [0.25, 0.3) is 5.78 Å². The third-order valence-electron chi connectivity index (χ3n) is 4.28. The summed E-state index contributed by atoms with van der Waals surface area (Å²) in [5.41, 5.74) is 0.480. The smallest absolute Gasteiger partial charge is 0.340 e. The van der Waals surface area contributed by atoms with E-state index in [0.717, 1.165) is 30.0 Å². The van der Waals surface area contributed by atoms with Crippen molar-refractivity contribution in [3.8, 4) is 0 Å². The van der Waals surface area contributed by atoms with Gasteiger partial charge in [0.25, 0.3) is 15.8 Å². The largest absolute Gasteiger partial charge is 0.416 e. The van der Waals surface area contributed by atoms with Gasteiger partial charge in [0.2, 0.25) is 0 Å². The molecule has 0 bridgehead atoms. The van der Waals surface area contributed by atoms with E-state index in [0.29, 0.717) is 17.3 Å². The molecule has 0 spiro atoms. The number of fused-ring (bicyclic) bond motifs is 1. The third-order valence-corrected chi connectivity index (χ3v) is 5.68. The lowest BCUT2D eigenvalue weighted by Crippen LogP contribution is -2.13. The van der Waals surface area contributed by atoms with Crippen molar-refractivity contribution in [3.05, 3.63) is 72.2 Å². The summed E-state index contributed by atoms with van der Waals surface area (Å²) in [5, 5.41) is 7.21. The van der Waals surface area contributed by atoms with Gasteiger partial charge in [-0.1, -0.05) is 0 Å². The number of nitrogens with zero attached hydrogens (tertiary/aromatic N) is 4. The minimum absolute atomic E-state index is 0.0241. The number of aryl methyl sites for hydroxylation is 1. The number of rotatable bonds is 5. The Balaban J connectivity index is 1.52. The van der Waals surface area contributed by atoms with Crippen LogP contribution < -0.4 is 10.0 Å². The van der Waals surface area contributed by atoms with E-state index < -0.39 is 21.8 Å². The van der Waals surface area contributed by atoms with Gasteiger partial charge in [0.05, 0.1) is 10.5 Å². The van der Waals surface area contributed by atoms with E-state index in [-0.39, 0.29) is 10.6 Å². The first kappa shape index (κ1) is 20.6. The second-order valence-electron chi connectivity index (χ2n) is 6.58. The van der Waals surface area contributed by atoms with Crippen LogP contribution in [0.1, 0.15) is 11.3 Å². The van der Waals surface area contributed by atoms with E-state index in [9.17, 15) is 21.6 Å². The Morgan fingerprint density at radius 1 is 0.968 bits per heavy atom. The van der Waals surface area contributed by atoms with Crippen molar-refractivity contribution in [2.45, 2.75) is 18.0 Å². The minimum Gasteiger partial charge on any atom is -0.340 e. The molecule has 0 saturated carbocycles. The van der Waals surface area contributed by atoms with E-state index in [1.54, 1.807) is 18.2 Å². The van der Waals surface area contributed by atoms with Crippen molar-refractivity contribution in [1.29, 1.82) is 0 Å². The van der Waals surface area contributed by atoms with Crippen LogP contribution >= 0.6 is 0 Å². The second-order valence-corrected chi connectivity index (χ2v) is 8.27. The molecule has 0 aliphatic carbocycles. The molecule has 2 aromatic carbocycles. The number of benzene rings is 2. The van der Waals surface area contributed by atoms with Gasteiger partial charge in [0, 0.05) is 23.1 Å². The van der Waals surface area contributed by atoms with Crippen LogP contribution in [0.5, 0.6) is 0 Å². The Morgan fingerprint density at radius 3 is 2.26 bits per heavy atom. The summed E-state index contributed by atoms with van der Waals surface area (Å²) in [6, 6.07) is 11.4. The number of nitrogens with one attached hydrogen (secondary N) is 2. The standard InChI is InChI=1S/C19H15F3N6O2S/c1-12-10-17(28-18(25-12)23-11-24-28)26-14-6-8-16(9-7-14)31(29,30)27-15-4-2-13(3-5-15)19(20,21)22/h2-11,26-27H,1H3. The number of sulfonamides is 1. The molecule has 0 fully saturated rings. The Morgan fingerprint density at radius 2 is 1.61 bits per heavy atom. The van der Waals surface area contributed by atoms with Crippen LogP contribution in [0.2, 0.25) is 0 Å². The number of hydrogen-bond donors (Lipinski definition) is 2. The summed E-state index contributed by atoms with van der Waals surface area (Å²) >= 11 is 0. The van der Waals surface area contributed by atoms with E-state index in [1.165, 1.54) is 23.0 Å². The highest BCUT2D eigenvalue weighted by Crippen LogP contribution is 2.30. The van der Waals surface area contributed by atoms with Gasteiger partial charge in [-0.2, -0.15) is 27.8 Å². The van der Waals surface area contributed by atoms with E-state index >= 15 is 0 Å². The first-order chi connectivity index (χ1) is 14.6. The molecule has 0 unspecified atom stereocenters. The number of halogens is 3. The predicted molar refractivity (Wildman–Crippen MR) is 107 cm³/mol. The lowest BCUT2D eigenvalue weighted by atomic mass is 10.2. The van der Waals surface area contributed by atoms with Crippen molar-refractivity contribution in [3.63, 3.8) is 0 Å². The van der Waals surface area contributed by atoms with Gasteiger partial charge in [-0.3, -0.25) is 4.72 Å². The van der Waals surface area contributed by atoms with Gasteiger partial charge in [-0.15, -0.1) is 0 Å². The molecule has 0 amide bonds. The fraction of sp³-hybridized carbons (Fsp3) is 0.105. The SMILES string of the molecule is Cc1cc(Nc2ccc(S(=O)(=O)Nc3ccc(C(F)(F)F)cc3)cc2)n2ncnc2n1. The zero-order chi connectivity index (χ0) is 22.2. The summed E-state index contributed by atoms with van der Waals surface area (Å²) < 4.78 is 66.8. The lowest BCUT2D eigenvalue weighted by Gasteiger charge is -2.12. The molecular weight excluding hydrogens is 433 g/mol. The van der Waals surface area contributed by atoms with Crippen LogP contribution in [0.4, 0.5) is 30.4 Å². The molecular formula is C19H15F3N6O2S. The van der Waals surface area contributed by atoms with Gasteiger partial charge in [-0.05, 0) is 55.5 Å². The van der Waals surface area contributed by atoms with Gasteiger partial charge >= 0.3 is 6.18 Å². The first-order valence-electron chi connectivity index (χ1n) is 8.86. The monoisotopic (exact) mass is 448 g/mol. The molecule has 0 aliphatic heterocycles. The fourth-order valence-electron chi connectivity index (χ4n) is 2.83. The zero-order valence-corrected chi connectivity index (χ0v) is 16.7. The van der Waals surface area contributed by atoms with Crippen LogP contribution in [0.15, 0.2) is 65.8 Å². The molecule has 8 nitrogen and oxygen atoms in total. The van der Waals surface area contributed by atoms with Crippen molar-refractivity contribution >= 4 is 33.0 Å². The normalized spacial score (nSPS) is 12.1. The molecule has 2 aromatic heterocycles. The van der Waals surface area contributed by atoms with E-state index in [1.807, 2.05) is 6.92 Å². The molecule has 160 valence electrons. The predicted octanol–water partition coefficient (Wildman–Crippen LogP) is 4.00. The Kier molecular flexibility index (Phi) is 5.01. The molecule has 4 aromatic rings. The highest BCUT2D eigenvalue weighted by atomic mass is 32.2. The zero-order valence-electron chi connectivity index (χ0n) is 15.9. The number of alkyl halides is 3. The fourth-order valence-corrected chi connectivity index (χ4v) is 3.88. The average molecular weight is 448 g/mol. The summed E-state index contributed by atoms with van der Waals surface area (Å²) in [6.07, 6.45) is -3.12. The maximum absolute atomic E-state index is 12.6. The van der Waals surface area contributed by atoms with Crippen LogP contribution in [0.3, 0.4) is 0 Å². The summed E-state index contributed by atoms with van der Waals surface area (Å²) in [7, 11) is -3.98. The van der Waals surface area contributed by atoms with E-state index in [4.69, 9.17) is 0 Å². The lowest BCUT2D eigenvalue weighted by molar-refractivity contribution is -0.137. The Bertz CT molecular complexity index is 1330. The number of hydrogen-bond acceptors (Lipinski definition) is 6. The van der Waals surface area contributed by atoms with Gasteiger partial charge < -0.3 is 5.32 Å². The van der Waals surface area contributed by atoms with Gasteiger partial charge in [0.1, 0.15) is 12.1 Å². The molecule has 0 radical (unpaired) electrons. The minimum atomic E-state index is -4.49. The van der Waals surface area contributed by atoms with Crippen molar-refractivity contribution in [2.75, 3.05) is 10.0 Å². The third kappa shape index (κ3) is 4.43. The van der Waals surface area contributed by atoms with Crippen molar-refractivity contribution in [1.82, 2.24) is 19.6 Å². The second kappa shape index (κ2) is 7.54. The first-order valence-corrected chi connectivity index (χ1v) is 10.3. The maximum atomic E-state index is 12.6. The van der Waals surface area contributed by atoms with Gasteiger partial charge in [0.15, 0.2) is 0 Å². The highest BCUT2D eigenvalue weighted by Gasteiger charge is 2.30. The molecule has 2 N–H and O–H groups in total. The molecule has 31 heavy (non-hydrogen) atoms. The highest BCUT2D eigenvalue weighted by molar-refractivity contribution is 7.92. The van der Waals surface area contributed by atoms with Crippen molar-refractivity contribution < 1.29 is 21.6 Å². The number of aromatic nitrogens is 4. The summed E-state index contributed by atoms with van der Waals surface area (Å²) in [4.78, 5) is 8.23.